The van der Waals surface area contributed by atoms with E-state index in [4.69, 9.17) is 4.74 Å². The molecule has 2 N–H and O–H groups in total. The second kappa shape index (κ2) is 8.09. The molecule has 4 rings (SSSR count). The molecular formula is C20H16N4O4S2. The summed E-state index contributed by atoms with van der Waals surface area (Å²) in [5.41, 5.74) is 2.40. The van der Waals surface area contributed by atoms with E-state index in [-0.39, 0.29) is 16.5 Å². The second-order valence-electron chi connectivity index (χ2n) is 6.25. The zero-order valence-electron chi connectivity index (χ0n) is 15.7. The molecule has 0 bridgehead atoms. The molecule has 1 heterocycles. The normalized spacial score (nSPS) is 11.2. The van der Waals surface area contributed by atoms with Gasteiger partial charge in [-0.2, -0.15) is 8.75 Å². The first kappa shape index (κ1) is 19.8. The summed E-state index contributed by atoms with van der Waals surface area (Å²) in [5.74, 6) is 0.166. The Morgan fingerprint density at radius 1 is 1.00 bits per heavy atom. The Morgan fingerprint density at radius 2 is 1.77 bits per heavy atom. The van der Waals surface area contributed by atoms with Crippen molar-refractivity contribution >= 4 is 50.1 Å². The van der Waals surface area contributed by atoms with Crippen LogP contribution in [-0.4, -0.2) is 30.2 Å². The van der Waals surface area contributed by atoms with Gasteiger partial charge in [-0.05, 0) is 54.6 Å². The number of carbonyl (C=O) groups is 1. The summed E-state index contributed by atoms with van der Waals surface area (Å²) in [6, 6.07) is 17.6. The zero-order chi connectivity index (χ0) is 21.1. The minimum atomic E-state index is -3.82. The van der Waals surface area contributed by atoms with Gasteiger partial charge in [0.1, 0.15) is 16.8 Å². The number of hydrogen-bond donors (Lipinski definition) is 2. The van der Waals surface area contributed by atoms with E-state index in [0.29, 0.717) is 28.0 Å². The van der Waals surface area contributed by atoms with Crippen molar-refractivity contribution in [3.05, 3.63) is 72.3 Å². The summed E-state index contributed by atoms with van der Waals surface area (Å²) >= 11 is 1.06. The number of methoxy groups -OCH3 is 1. The first-order chi connectivity index (χ1) is 14.5. The topological polar surface area (TPSA) is 110 Å². The van der Waals surface area contributed by atoms with Gasteiger partial charge in [0.05, 0.1) is 29.4 Å². The lowest BCUT2D eigenvalue weighted by Crippen LogP contribution is -2.15. The molecule has 0 aliphatic rings. The fraction of sp³-hybridized carbons (Fsp3) is 0.0500. The van der Waals surface area contributed by atoms with Crippen molar-refractivity contribution in [2.75, 3.05) is 17.1 Å². The molecular weight excluding hydrogens is 424 g/mol. The summed E-state index contributed by atoms with van der Waals surface area (Å²) in [6.07, 6.45) is 0. The highest BCUT2D eigenvalue weighted by atomic mass is 32.2. The van der Waals surface area contributed by atoms with Gasteiger partial charge in [0.15, 0.2) is 0 Å². The number of sulfonamides is 1. The number of rotatable bonds is 6. The Balaban J connectivity index is 1.54. The molecule has 0 saturated carbocycles. The van der Waals surface area contributed by atoms with Crippen LogP contribution in [0.5, 0.6) is 5.75 Å². The minimum absolute atomic E-state index is 0.0841. The maximum atomic E-state index is 12.7. The fourth-order valence-electron chi connectivity index (χ4n) is 2.79. The summed E-state index contributed by atoms with van der Waals surface area (Å²) < 4.78 is 41.1. The Morgan fingerprint density at radius 3 is 2.53 bits per heavy atom. The van der Waals surface area contributed by atoms with Crippen molar-refractivity contribution in [3.8, 4) is 5.75 Å². The number of hydrogen-bond acceptors (Lipinski definition) is 7. The van der Waals surface area contributed by atoms with E-state index in [0.717, 1.165) is 11.7 Å². The fourth-order valence-corrected chi connectivity index (χ4v) is 4.39. The van der Waals surface area contributed by atoms with Crippen molar-refractivity contribution in [1.82, 2.24) is 8.75 Å². The predicted octanol–water partition coefficient (Wildman–Crippen LogP) is 3.75. The second-order valence-corrected chi connectivity index (χ2v) is 8.46. The number of benzene rings is 3. The minimum Gasteiger partial charge on any atom is -0.497 e. The Bertz CT molecular complexity index is 1320. The maximum Gasteiger partial charge on any atom is 0.261 e. The van der Waals surface area contributed by atoms with Gasteiger partial charge >= 0.3 is 0 Å². The third kappa shape index (κ3) is 4.09. The highest BCUT2D eigenvalue weighted by Crippen LogP contribution is 2.23. The van der Waals surface area contributed by atoms with Gasteiger partial charge in [-0.3, -0.25) is 9.52 Å². The Labute approximate surface area is 176 Å². The average Bonchev–Trinajstić information content (AvgIpc) is 3.23. The lowest BCUT2D eigenvalue weighted by molar-refractivity contribution is 0.102. The molecule has 1 aromatic heterocycles. The van der Waals surface area contributed by atoms with E-state index in [1.807, 2.05) is 6.07 Å². The number of nitrogens with one attached hydrogen (secondary N) is 2. The van der Waals surface area contributed by atoms with Crippen molar-refractivity contribution in [2.45, 2.75) is 4.90 Å². The molecule has 0 aliphatic carbocycles. The molecule has 152 valence electrons. The molecule has 1 amide bonds. The first-order valence-corrected chi connectivity index (χ1v) is 11.0. The molecule has 0 aliphatic heterocycles. The van der Waals surface area contributed by atoms with Gasteiger partial charge in [0, 0.05) is 11.3 Å². The van der Waals surface area contributed by atoms with Crippen LogP contribution < -0.4 is 14.8 Å². The lowest BCUT2D eigenvalue weighted by Gasteiger charge is -2.10. The van der Waals surface area contributed by atoms with E-state index >= 15 is 0 Å². The third-order valence-electron chi connectivity index (χ3n) is 4.28. The van der Waals surface area contributed by atoms with Crippen molar-refractivity contribution in [1.29, 1.82) is 0 Å². The van der Waals surface area contributed by atoms with Crippen LogP contribution in [0.15, 0.2) is 71.6 Å². The standard InChI is InChI=1S/C20H16N4O4S2/c1-28-15-8-10-16(11-9-15)30(26,27)24-14-5-2-4-13(12-14)20(25)21-17-6-3-7-18-19(17)23-29-22-18/h2-12,24H,1H3,(H,21,25). The monoisotopic (exact) mass is 440 g/mol. The zero-order valence-corrected chi connectivity index (χ0v) is 17.3. The van der Waals surface area contributed by atoms with Gasteiger partial charge in [0.25, 0.3) is 15.9 Å². The molecule has 8 nitrogen and oxygen atoms in total. The Kier molecular flexibility index (Phi) is 5.34. The molecule has 10 heteroatoms. The van der Waals surface area contributed by atoms with Crippen LogP contribution in [0, 0.1) is 0 Å². The molecule has 0 saturated heterocycles. The molecule has 30 heavy (non-hydrogen) atoms. The first-order valence-electron chi connectivity index (χ1n) is 8.76. The van der Waals surface area contributed by atoms with Gasteiger partial charge in [0.2, 0.25) is 0 Å². The van der Waals surface area contributed by atoms with Gasteiger partial charge in [-0.15, -0.1) is 0 Å². The van der Waals surface area contributed by atoms with Crippen LogP contribution in [0.3, 0.4) is 0 Å². The maximum absolute atomic E-state index is 12.7. The number of amides is 1. The quantitative estimate of drug-likeness (QED) is 0.472. The number of carbonyl (C=O) groups excluding carboxylic acids is 1. The van der Waals surface area contributed by atoms with Crippen LogP contribution >= 0.6 is 11.7 Å². The van der Waals surface area contributed by atoms with Crippen LogP contribution in [0.4, 0.5) is 11.4 Å². The number of anilines is 2. The summed E-state index contributed by atoms with van der Waals surface area (Å²) in [6.45, 7) is 0. The smallest absolute Gasteiger partial charge is 0.261 e. The highest BCUT2D eigenvalue weighted by Gasteiger charge is 2.16. The summed E-state index contributed by atoms with van der Waals surface area (Å²) in [7, 11) is -2.31. The summed E-state index contributed by atoms with van der Waals surface area (Å²) in [4.78, 5) is 12.8. The SMILES string of the molecule is COc1ccc(S(=O)(=O)Nc2cccc(C(=O)Nc3cccc4nsnc34)c2)cc1. The molecule has 4 aromatic rings. The van der Waals surface area contributed by atoms with Crippen molar-refractivity contribution < 1.29 is 17.9 Å². The number of ether oxygens (including phenoxy) is 1. The molecule has 0 atom stereocenters. The predicted molar refractivity (Wildman–Crippen MR) is 116 cm³/mol. The number of nitrogens with zero attached hydrogens (tertiary/aromatic N) is 2. The summed E-state index contributed by atoms with van der Waals surface area (Å²) in [5, 5.41) is 2.80. The van der Waals surface area contributed by atoms with Crippen molar-refractivity contribution in [2.24, 2.45) is 0 Å². The van der Waals surface area contributed by atoms with Crippen molar-refractivity contribution in [3.63, 3.8) is 0 Å². The van der Waals surface area contributed by atoms with E-state index in [1.165, 1.54) is 25.3 Å². The molecule has 0 spiro atoms. The number of fused-ring (bicyclic) bond motifs is 1. The van der Waals surface area contributed by atoms with Crippen LogP contribution in [0.2, 0.25) is 0 Å². The van der Waals surface area contributed by atoms with E-state index < -0.39 is 10.0 Å². The average molecular weight is 441 g/mol. The van der Waals surface area contributed by atoms with Gasteiger partial charge < -0.3 is 10.1 Å². The highest BCUT2D eigenvalue weighted by molar-refractivity contribution is 7.92. The third-order valence-corrected chi connectivity index (χ3v) is 6.22. The molecule has 3 aromatic carbocycles. The van der Waals surface area contributed by atoms with Gasteiger partial charge in [-0.1, -0.05) is 12.1 Å². The number of aromatic nitrogens is 2. The van der Waals surface area contributed by atoms with Crippen LogP contribution in [0.1, 0.15) is 10.4 Å². The van der Waals surface area contributed by atoms with E-state index in [2.05, 4.69) is 18.8 Å². The van der Waals surface area contributed by atoms with Crippen LogP contribution in [-0.2, 0) is 10.0 Å². The van der Waals surface area contributed by atoms with E-state index in [1.54, 1.807) is 42.5 Å². The molecule has 0 radical (unpaired) electrons. The molecule has 0 unspecified atom stereocenters. The van der Waals surface area contributed by atoms with Gasteiger partial charge in [-0.25, -0.2) is 8.42 Å². The van der Waals surface area contributed by atoms with E-state index in [9.17, 15) is 13.2 Å². The largest absolute Gasteiger partial charge is 0.497 e. The lowest BCUT2D eigenvalue weighted by atomic mass is 10.2. The Hall–Kier alpha value is -3.50. The van der Waals surface area contributed by atoms with Crippen LogP contribution in [0.25, 0.3) is 11.0 Å². The molecule has 0 fully saturated rings.